The third kappa shape index (κ3) is 1.65. The Kier molecular flexibility index (Phi) is 2.30. The Bertz CT molecular complexity index is 373. The molecule has 0 bridgehead atoms. The predicted octanol–water partition coefficient (Wildman–Crippen LogP) is 0.578. The van der Waals surface area contributed by atoms with E-state index in [1.165, 1.54) is 0 Å². The molecule has 15 heavy (non-hydrogen) atoms. The normalized spacial score (nSPS) is 27.6. The molecule has 0 N–H and O–H groups in total. The van der Waals surface area contributed by atoms with E-state index < -0.39 is 5.54 Å². The summed E-state index contributed by atoms with van der Waals surface area (Å²) in [6, 6.07) is 0. The van der Waals surface area contributed by atoms with Crippen molar-refractivity contribution in [2.75, 3.05) is 13.2 Å². The van der Waals surface area contributed by atoms with E-state index in [0.29, 0.717) is 19.0 Å². The summed E-state index contributed by atoms with van der Waals surface area (Å²) < 4.78 is 4.99. The van der Waals surface area contributed by atoms with Crippen LogP contribution in [0.2, 0.25) is 0 Å². The molecule has 2 aliphatic heterocycles. The standard InChI is InChI=1S/C10H13N3O2/c1-3-15-9(14)10(2)7-13-8(12-10)5-4-6-11-13/h4-6H,3,7H2,1-2H3. The van der Waals surface area contributed by atoms with E-state index >= 15 is 0 Å². The van der Waals surface area contributed by atoms with Crippen molar-refractivity contribution in [2.24, 2.45) is 10.1 Å². The summed E-state index contributed by atoms with van der Waals surface area (Å²) in [4.78, 5) is 16.0. The smallest absolute Gasteiger partial charge is 0.335 e. The molecule has 2 rings (SSSR count). The highest BCUT2D eigenvalue weighted by molar-refractivity contribution is 6.02. The molecule has 0 fully saturated rings. The highest BCUT2D eigenvalue weighted by Gasteiger charge is 2.42. The molecule has 0 aliphatic carbocycles. The van der Waals surface area contributed by atoms with Crippen molar-refractivity contribution in [3.05, 3.63) is 12.2 Å². The number of nitrogens with zero attached hydrogens (tertiary/aromatic N) is 3. The molecular weight excluding hydrogens is 194 g/mol. The minimum Gasteiger partial charge on any atom is -0.464 e. The average Bonchev–Trinajstić information content (AvgIpc) is 2.56. The summed E-state index contributed by atoms with van der Waals surface area (Å²) in [7, 11) is 0. The first-order chi connectivity index (χ1) is 7.15. The van der Waals surface area contributed by atoms with E-state index in [1.807, 2.05) is 6.08 Å². The zero-order valence-corrected chi connectivity index (χ0v) is 8.80. The largest absolute Gasteiger partial charge is 0.464 e. The van der Waals surface area contributed by atoms with Crippen molar-refractivity contribution in [1.82, 2.24) is 5.01 Å². The van der Waals surface area contributed by atoms with Gasteiger partial charge in [-0.05, 0) is 26.0 Å². The van der Waals surface area contributed by atoms with Crippen molar-refractivity contribution in [3.8, 4) is 0 Å². The van der Waals surface area contributed by atoms with E-state index in [9.17, 15) is 4.79 Å². The minimum atomic E-state index is -0.822. The Labute approximate surface area is 88.1 Å². The van der Waals surface area contributed by atoms with E-state index in [0.717, 1.165) is 0 Å². The third-order valence-electron chi connectivity index (χ3n) is 2.34. The third-order valence-corrected chi connectivity index (χ3v) is 2.34. The second kappa shape index (κ2) is 3.49. The number of hydrazone groups is 1. The zero-order valence-electron chi connectivity index (χ0n) is 8.80. The number of carbonyl (C=O) groups is 1. The van der Waals surface area contributed by atoms with Crippen LogP contribution in [0.3, 0.4) is 0 Å². The van der Waals surface area contributed by atoms with Gasteiger partial charge in [0.25, 0.3) is 0 Å². The summed E-state index contributed by atoms with van der Waals surface area (Å²) in [6.45, 7) is 4.37. The molecule has 2 heterocycles. The molecule has 0 aromatic heterocycles. The van der Waals surface area contributed by atoms with Gasteiger partial charge < -0.3 is 4.74 Å². The van der Waals surface area contributed by atoms with Crippen LogP contribution in [0, 0.1) is 0 Å². The molecule has 0 amide bonds. The van der Waals surface area contributed by atoms with E-state index in [1.54, 1.807) is 31.1 Å². The fourth-order valence-electron chi connectivity index (χ4n) is 1.59. The summed E-state index contributed by atoms with van der Waals surface area (Å²) in [5.41, 5.74) is -0.822. The Morgan fingerprint density at radius 1 is 1.73 bits per heavy atom. The van der Waals surface area contributed by atoms with Crippen molar-refractivity contribution in [2.45, 2.75) is 19.4 Å². The highest BCUT2D eigenvalue weighted by Crippen LogP contribution is 2.24. The molecule has 0 aromatic rings. The number of carbonyl (C=O) groups excluding carboxylic acids is 1. The molecule has 0 spiro atoms. The lowest BCUT2D eigenvalue weighted by atomic mass is 10.1. The average molecular weight is 207 g/mol. The quantitative estimate of drug-likeness (QED) is 0.622. The second-order valence-corrected chi connectivity index (χ2v) is 3.65. The first kappa shape index (κ1) is 9.89. The summed E-state index contributed by atoms with van der Waals surface area (Å²) in [5.74, 6) is 0.420. The maximum Gasteiger partial charge on any atom is 0.335 e. The number of ether oxygens (including phenoxy) is 1. The van der Waals surface area contributed by atoms with Gasteiger partial charge in [-0.1, -0.05) is 0 Å². The predicted molar refractivity (Wildman–Crippen MR) is 56.8 cm³/mol. The number of hydrogen-bond donors (Lipinski definition) is 0. The van der Waals surface area contributed by atoms with Crippen LogP contribution in [0.1, 0.15) is 13.8 Å². The number of amidine groups is 1. The molecule has 0 saturated heterocycles. The van der Waals surface area contributed by atoms with Gasteiger partial charge in [0.05, 0.1) is 13.2 Å². The monoisotopic (exact) mass is 207 g/mol. The van der Waals surface area contributed by atoms with Gasteiger partial charge in [0.1, 0.15) is 5.84 Å². The van der Waals surface area contributed by atoms with Crippen LogP contribution in [0.25, 0.3) is 0 Å². The Balaban J connectivity index is 2.20. The fourth-order valence-corrected chi connectivity index (χ4v) is 1.59. The summed E-state index contributed by atoms with van der Waals surface area (Å²) in [5, 5.41) is 5.82. The minimum absolute atomic E-state index is 0.296. The fraction of sp³-hybridized carbons (Fsp3) is 0.500. The number of fused-ring (bicyclic) bond motifs is 1. The molecule has 5 heteroatoms. The van der Waals surface area contributed by atoms with Crippen molar-refractivity contribution in [1.29, 1.82) is 0 Å². The van der Waals surface area contributed by atoms with E-state index in [-0.39, 0.29) is 5.97 Å². The molecule has 1 atom stereocenters. The molecule has 2 aliphatic rings. The Morgan fingerprint density at radius 3 is 3.20 bits per heavy atom. The highest BCUT2D eigenvalue weighted by atomic mass is 16.5. The Hall–Kier alpha value is -1.65. The molecule has 1 unspecified atom stereocenters. The molecular formula is C10H13N3O2. The summed E-state index contributed by atoms with van der Waals surface area (Å²) >= 11 is 0. The van der Waals surface area contributed by atoms with Gasteiger partial charge in [0, 0.05) is 6.21 Å². The van der Waals surface area contributed by atoms with Gasteiger partial charge >= 0.3 is 5.97 Å². The topological polar surface area (TPSA) is 54.3 Å². The van der Waals surface area contributed by atoms with Crippen molar-refractivity contribution < 1.29 is 9.53 Å². The Morgan fingerprint density at radius 2 is 2.53 bits per heavy atom. The van der Waals surface area contributed by atoms with Crippen LogP contribution in [-0.4, -0.2) is 41.7 Å². The lowest BCUT2D eigenvalue weighted by Gasteiger charge is -2.19. The van der Waals surface area contributed by atoms with Crippen molar-refractivity contribution >= 4 is 18.0 Å². The molecule has 0 aromatic carbocycles. The maximum atomic E-state index is 11.7. The van der Waals surface area contributed by atoms with Gasteiger partial charge in [0.15, 0.2) is 5.54 Å². The van der Waals surface area contributed by atoms with Crippen LogP contribution in [-0.2, 0) is 9.53 Å². The van der Waals surface area contributed by atoms with Crippen LogP contribution in [0.5, 0.6) is 0 Å². The number of allylic oxidation sites excluding steroid dienone is 1. The van der Waals surface area contributed by atoms with Crippen LogP contribution in [0.4, 0.5) is 0 Å². The lowest BCUT2D eigenvalue weighted by molar-refractivity contribution is -0.148. The van der Waals surface area contributed by atoms with Crippen LogP contribution in [0.15, 0.2) is 22.2 Å². The van der Waals surface area contributed by atoms with E-state index in [2.05, 4.69) is 10.1 Å². The van der Waals surface area contributed by atoms with Gasteiger partial charge in [-0.2, -0.15) is 5.10 Å². The number of esters is 1. The number of rotatable bonds is 2. The van der Waals surface area contributed by atoms with Crippen LogP contribution >= 0.6 is 0 Å². The van der Waals surface area contributed by atoms with Gasteiger partial charge in [0.2, 0.25) is 0 Å². The molecule has 0 saturated carbocycles. The number of hydrogen-bond acceptors (Lipinski definition) is 5. The SMILES string of the molecule is CCOC(=O)C1(C)CN2N=CC=CC2=N1. The first-order valence-corrected chi connectivity index (χ1v) is 4.91. The lowest BCUT2D eigenvalue weighted by Crippen LogP contribution is -2.39. The number of aliphatic imine (C=N–C) groups is 1. The van der Waals surface area contributed by atoms with Gasteiger partial charge in [-0.3, -0.25) is 0 Å². The van der Waals surface area contributed by atoms with Gasteiger partial charge in [-0.15, -0.1) is 0 Å². The maximum absolute atomic E-state index is 11.7. The van der Waals surface area contributed by atoms with Gasteiger partial charge in [-0.25, -0.2) is 14.8 Å². The zero-order chi connectivity index (χ0) is 10.9. The molecule has 0 radical (unpaired) electrons. The summed E-state index contributed by atoms with van der Waals surface area (Å²) in [6.07, 6.45) is 5.31. The second-order valence-electron chi connectivity index (χ2n) is 3.65. The van der Waals surface area contributed by atoms with E-state index in [4.69, 9.17) is 4.74 Å². The van der Waals surface area contributed by atoms with Crippen molar-refractivity contribution in [3.63, 3.8) is 0 Å². The van der Waals surface area contributed by atoms with Crippen LogP contribution < -0.4 is 0 Å². The molecule has 5 nitrogen and oxygen atoms in total. The first-order valence-electron chi connectivity index (χ1n) is 4.91. The molecule has 80 valence electrons.